The second-order valence-electron chi connectivity index (χ2n) is 4.00. The highest BCUT2D eigenvalue weighted by Crippen LogP contribution is 2.21. The molecule has 0 bridgehead atoms. The summed E-state index contributed by atoms with van der Waals surface area (Å²) in [4.78, 5) is 26.6. The largest absolute Gasteiger partial charge is 0.477 e. The van der Waals surface area contributed by atoms with Gasteiger partial charge in [-0.3, -0.25) is 4.79 Å². The Morgan fingerprint density at radius 1 is 1.29 bits per heavy atom. The number of carbonyl (C=O) groups is 2. The van der Waals surface area contributed by atoms with E-state index in [0.29, 0.717) is 10.6 Å². The SMILES string of the molecule is O=C(CSc1ccccc1F)Nc1ccnc(C(=O)O)c1. The number of carboxylic acids is 1. The number of pyridine rings is 1. The first-order valence-corrected chi connectivity index (χ1v) is 6.91. The first-order chi connectivity index (χ1) is 10.1. The van der Waals surface area contributed by atoms with Crippen molar-refractivity contribution in [3.8, 4) is 0 Å². The number of rotatable bonds is 5. The molecule has 21 heavy (non-hydrogen) atoms. The van der Waals surface area contributed by atoms with Crippen molar-refractivity contribution in [2.45, 2.75) is 4.90 Å². The Labute approximate surface area is 124 Å². The molecule has 0 fully saturated rings. The predicted octanol–water partition coefficient (Wildman–Crippen LogP) is 2.65. The standard InChI is InChI=1S/C14H11FN2O3S/c15-10-3-1-2-4-12(10)21-8-13(18)17-9-5-6-16-11(7-9)14(19)20/h1-7H,8H2,(H,19,20)(H,16,17,18). The molecule has 0 atom stereocenters. The second-order valence-corrected chi connectivity index (χ2v) is 5.02. The molecule has 0 saturated heterocycles. The molecule has 0 radical (unpaired) electrons. The van der Waals surface area contributed by atoms with Crippen molar-refractivity contribution >= 4 is 29.3 Å². The zero-order valence-corrected chi connectivity index (χ0v) is 11.6. The van der Waals surface area contributed by atoms with Crippen LogP contribution in [0.3, 0.4) is 0 Å². The molecule has 0 aliphatic carbocycles. The van der Waals surface area contributed by atoms with Gasteiger partial charge in [-0.2, -0.15) is 0 Å². The van der Waals surface area contributed by atoms with E-state index in [0.717, 1.165) is 11.8 Å². The normalized spacial score (nSPS) is 10.1. The summed E-state index contributed by atoms with van der Waals surface area (Å²) in [6.45, 7) is 0. The number of nitrogens with one attached hydrogen (secondary N) is 1. The van der Waals surface area contributed by atoms with Crippen LogP contribution in [0.15, 0.2) is 47.5 Å². The van der Waals surface area contributed by atoms with Crippen molar-refractivity contribution in [2.75, 3.05) is 11.1 Å². The Balaban J connectivity index is 1.95. The minimum absolute atomic E-state index is 0.0195. The molecule has 2 rings (SSSR count). The van der Waals surface area contributed by atoms with Gasteiger partial charge in [-0.1, -0.05) is 12.1 Å². The zero-order valence-electron chi connectivity index (χ0n) is 10.7. The Hall–Kier alpha value is -2.41. The maximum atomic E-state index is 13.4. The summed E-state index contributed by atoms with van der Waals surface area (Å²) in [6, 6.07) is 8.91. The molecule has 1 amide bonds. The molecule has 0 aliphatic heterocycles. The summed E-state index contributed by atoms with van der Waals surface area (Å²) in [5.74, 6) is -1.89. The lowest BCUT2D eigenvalue weighted by Crippen LogP contribution is -2.14. The second kappa shape index (κ2) is 6.85. The van der Waals surface area contributed by atoms with Crippen molar-refractivity contribution in [3.63, 3.8) is 0 Å². The van der Waals surface area contributed by atoms with E-state index in [9.17, 15) is 14.0 Å². The number of carbonyl (C=O) groups excluding carboxylic acids is 1. The van der Waals surface area contributed by atoms with E-state index in [1.165, 1.54) is 24.4 Å². The molecule has 1 heterocycles. The molecule has 0 spiro atoms. The summed E-state index contributed by atoms with van der Waals surface area (Å²) in [5.41, 5.74) is 0.177. The molecule has 2 N–H and O–H groups in total. The topological polar surface area (TPSA) is 79.3 Å². The van der Waals surface area contributed by atoms with Gasteiger partial charge in [-0.05, 0) is 24.3 Å². The minimum atomic E-state index is -1.17. The third kappa shape index (κ3) is 4.28. The lowest BCUT2D eigenvalue weighted by Gasteiger charge is -2.06. The van der Waals surface area contributed by atoms with Crippen molar-refractivity contribution in [2.24, 2.45) is 0 Å². The molecule has 0 saturated carbocycles. The van der Waals surface area contributed by atoms with E-state index in [2.05, 4.69) is 10.3 Å². The Morgan fingerprint density at radius 2 is 2.05 bits per heavy atom. The molecule has 7 heteroatoms. The lowest BCUT2D eigenvalue weighted by atomic mass is 10.3. The molecule has 0 aliphatic rings. The third-order valence-electron chi connectivity index (χ3n) is 2.46. The van der Waals surface area contributed by atoms with Crippen LogP contribution in [0.2, 0.25) is 0 Å². The highest BCUT2D eigenvalue weighted by molar-refractivity contribution is 8.00. The molecular formula is C14H11FN2O3S. The third-order valence-corrected chi connectivity index (χ3v) is 3.51. The van der Waals surface area contributed by atoms with Crippen LogP contribution in [0.4, 0.5) is 10.1 Å². The van der Waals surface area contributed by atoms with E-state index in [-0.39, 0.29) is 23.2 Å². The fraction of sp³-hybridized carbons (Fsp3) is 0.0714. The van der Waals surface area contributed by atoms with Gasteiger partial charge in [0, 0.05) is 16.8 Å². The number of halogens is 1. The van der Waals surface area contributed by atoms with Gasteiger partial charge in [-0.25, -0.2) is 14.2 Å². The average molecular weight is 306 g/mol. The summed E-state index contributed by atoms with van der Waals surface area (Å²) in [7, 11) is 0. The number of benzene rings is 1. The van der Waals surface area contributed by atoms with Gasteiger partial charge in [0.05, 0.1) is 5.75 Å². The highest BCUT2D eigenvalue weighted by atomic mass is 32.2. The molecule has 2 aromatic rings. The van der Waals surface area contributed by atoms with Crippen molar-refractivity contribution in [1.82, 2.24) is 4.98 Å². The first kappa shape index (κ1) is 15.0. The molecule has 1 aromatic heterocycles. The number of amides is 1. The minimum Gasteiger partial charge on any atom is -0.477 e. The van der Waals surface area contributed by atoms with Gasteiger partial charge in [0.15, 0.2) is 0 Å². The molecular weight excluding hydrogens is 295 g/mol. The van der Waals surface area contributed by atoms with Gasteiger partial charge >= 0.3 is 5.97 Å². The van der Waals surface area contributed by atoms with E-state index in [1.54, 1.807) is 18.2 Å². The Morgan fingerprint density at radius 3 is 2.76 bits per heavy atom. The number of carboxylic acid groups (broad SMARTS) is 1. The first-order valence-electron chi connectivity index (χ1n) is 5.93. The highest BCUT2D eigenvalue weighted by Gasteiger charge is 2.09. The fourth-order valence-corrected chi connectivity index (χ4v) is 2.27. The average Bonchev–Trinajstić information content (AvgIpc) is 2.46. The van der Waals surface area contributed by atoms with Gasteiger partial charge in [0.25, 0.3) is 0 Å². The summed E-state index contributed by atoms with van der Waals surface area (Å²) >= 11 is 1.07. The van der Waals surface area contributed by atoms with Crippen molar-refractivity contribution in [3.05, 3.63) is 54.1 Å². The van der Waals surface area contributed by atoms with E-state index >= 15 is 0 Å². The molecule has 1 aromatic carbocycles. The summed E-state index contributed by atoms with van der Waals surface area (Å²) < 4.78 is 13.4. The number of hydrogen-bond acceptors (Lipinski definition) is 4. The number of nitrogens with zero attached hydrogens (tertiary/aromatic N) is 1. The summed E-state index contributed by atoms with van der Waals surface area (Å²) in [6.07, 6.45) is 1.29. The number of hydrogen-bond donors (Lipinski definition) is 2. The van der Waals surface area contributed by atoms with Crippen LogP contribution < -0.4 is 5.32 Å². The lowest BCUT2D eigenvalue weighted by molar-refractivity contribution is -0.113. The van der Waals surface area contributed by atoms with Crippen molar-refractivity contribution in [1.29, 1.82) is 0 Å². The maximum absolute atomic E-state index is 13.4. The van der Waals surface area contributed by atoms with Gasteiger partial charge < -0.3 is 10.4 Å². The Kier molecular flexibility index (Phi) is 4.89. The van der Waals surface area contributed by atoms with Crippen LogP contribution in [0.5, 0.6) is 0 Å². The van der Waals surface area contributed by atoms with Crippen LogP contribution >= 0.6 is 11.8 Å². The number of anilines is 1. The van der Waals surface area contributed by atoms with Gasteiger partial charge in [0.1, 0.15) is 11.5 Å². The zero-order chi connectivity index (χ0) is 15.2. The molecule has 108 valence electrons. The smallest absolute Gasteiger partial charge is 0.354 e. The quantitative estimate of drug-likeness (QED) is 0.830. The van der Waals surface area contributed by atoms with Crippen molar-refractivity contribution < 1.29 is 19.1 Å². The van der Waals surface area contributed by atoms with E-state index in [1.807, 2.05) is 0 Å². The van der Waals surface area contributed by atoms with E-state index in [4.69, 9.17) is 5.11 Å². The van der Waals surface area contributed by atoms with Crippen LogP contribution in [-0.2, 0) is 4.79 Å². The Bertz CT molecular complexity index is 679. The number of aromatic nitrogens is 1. The monoisotopic (exact) mass is 306 g/mol. The number of aromatic carboxylic acids is 1. The van der Waals surface area contributed by atoms with Gasteiger partial charge in [0.2, 0.25) is 5.91 Å². The van der Waals surface area contributed by atoms with Crippen LogP contribution in [0.25, 0.3) is 0 Å². The molecule has 0 unspecified atom stereocenters. The van der Waals surface area contributed by atoms with E-state index < -0.39 is 5.97 Å². The molecule has 5 nitrogen and oxygen atoms in total. The fourth-order valence-electron chi connectivity index (χ4n) is 1.53. The van der Waals surface area contributed by atoms with Gasteiger partial charge in [-0.15, -0.1) is 11.8 Å². The number of thioether (sulfide) groups is 1. The van der Waals surface area contributed by atoms with Crippen LogP contribution in [-0.4, -0.2) is 27.7 Å². The van der Waals surface area contributed by atoms with Crippen LogP contribution in [0, 0.1) is 5.82 Å². The van der Waals surface area contributed by atoms with Crippen LogP contribution in [0.1, 0.15) is 10.5 Å². The predicted molar refractivity (Wildman–Crippen MR) is 77.0 cm³/mol. The summed E-state index contributed by atoms with van der Waals surface area (Å²) in [5, 5.41) is 11.3. The maximum Gasteiger partial charge on any atom is 0.354 e.